The molecule has 0 aliphatic heterocycles. The van der Waals surface area contributed by atoms with E-state index < -0.39 is 0 Å². The van der Waals surface area contributed by atoms with Crippen molar-refractivity contribution in [2.24, 2.45) is 0 Å². The average Bonchev–Trinajstić information content (AvgIpc) is 2.63. The summed E-state index contributed by atoms with van der Waals surface area (Å²) in [6.07, 6.45) is 1.74. The maximum Gasteiger partial charge on any atom is 0.156 e. The molecular formula is C10H11N3O. The Hall–Kier alpha value is -1.84. The van der Waals surface area contributed by atoms with Crippen LogP contribution in [0, 0.1) is 6.92 Å². The first-order valence-corrected chi connectivity index (χ1v) is 4.42. The van der Waals surface area contributed by atoms with Crippen LogP contribution in [0.25, 0.3) is 0 Å². The van der Waals surface area contributed by atoms with Gasteiger partial charge in [-0.2, -0.15) is 0 Å². The van der Waals surface area contributed by atoms with Gasteiger partial charge in [0.1, 0.15) is 5.82 Å². The van der Waals surface area contributed by atoms with Crippen molar-refractivity contribution >= 4 is 5.82 Å². The molecule has 4 nitrogen and oxygen atoms in total. The third-order valence-electron chi connectivity index (χ3n) is 1.79. The molecule has 2 aromatic rings. The molecule has 0 radical (unpaired) electrons. The van der Waals surface area contributed by atoms with Gasteiger partial charge >= 0.3 is 0 Å². The highest BCUT2D eigenvalue weighted by atomic mass is 16.5. The van der Waals surface area contributed by atoms with Crippen LogP contribution in [-0.2, 0) is 6.54 Å². The second-order valence-electron chi connectivity index (χ2n) is 3.00. The zero-order chi connectivity index (χ0) is 9.80. The Morgan fingerprint density at radius 3 is 3.00 bits per heavy atom. The van der Waals surface area contributed by atoms with Crippen LogP contribution in [-0.4, -0.2) is 10.1 Å². The van der Waals surface area contributed by atoms with Crippen molar-refractivity contribution in [3.05, 3.63) is 41.9 Å². The summed E-state index contributed by atoms with van der Waals surface area (Å²) in [4.78, 5) is 4.13. The standard InChI is InChI=1S/C10H11N3O/c1-8-6-9(14-13-8)7-12-10-4-2-3-5-11-10/h2-6H,7H2,1H3,(H,11,12). The summed E-state index contributed by atoms with van der Waals surface area (Å²) in [5.41, 5.74) is 0.892. The van der Waals surface area contributed by atoms with Crippen LogP contribution in [0.4, 0.5) is 5.82 Å². The monoisotopic (exact) mass is 189 g/mol. The van der Waals surface area contributed by atoms with Crippen molar-refractivity contribution in [3.8, 4) is 0 Å². The van der Waals surface area contributed by atoms with Crippen molar-refractivity contribution in [2.45, 2.75) is 13.5 Å². The van der Waals surface area contributed by atoms with Crippen LogP contribution in [0.2, 0.25) is 0 Å². The second-order valence-corrected chi connectivity index (χ2v) is 3.00. The molecule has 0 aliphatic rings. The van der Waals surface area contributed by atoms with E-state index in [9.17, 15) is 0 Å². The highest BCUT2D eigenvalue weighted by molar-refractivity contribution is 5.33. The minimum Gasteiger partial charge on any atom is -0.363 e. The first-order chi connectivity index (χ1) is 6.84. The predicted octanol–water partition coefficient (Wildman–Crippen LogP) is 1.99. The lowest BCUT2D eigenvalue weighted by Crippen LogP contribution is -1.99. The van der Waals surface area contributed by atoms with E-state index in [2.05, 4.69) is 15.5 Å². The van der Waals surface area contributed by atoms with Gasteiger partial charge in [0.15, 0.2) is 5.76 Å². The zero-order valence-corrected chi connectivity index (χ0v) is 7.90. The van der Waals surface area contributed by atoms with Gasteiger partial charge in [0.2, 0.25) is 0 Å². The van der Waals surface area contributed by atoms with Crippen LogP contribution in [0.15, 0.2) is 35.0 Å². The third-order valence-corrected chi connectivity index (χ3v) is 1.79. The first-order valence-electron chi connectivity index (χ1n) is 4.42. The molecule has 2 aromatic heterocycles. The fourth-order valence-corrected chi connectivity index (χ4v) is 1.14. The Labute approximate surface area is 82.0 Å². The van der Waals surface area contributed by atoms with E-state index in [1.54, 1.807) is 6.20 Å². The SMILES string of the molecule is Cc1cc(CNc2ccccn2)on1. The van der Waals surface area contributed by atoms with Gasteiger partial charge in [0.25, 0.3) is 0 Å². The van der Waals surface area contributed by atoms with Crippen molar-refractivity contribution in [3.63, 3.8) is 0 Å². The summed E-state index contributed by atoms with van der Waals surface area (Å²) in [6.45, 7) is 2.51. The van der Waals surface area contributed by atoms with Crippen molar-refractivity contribution in [2.75, 3.05) is 5.32 Å². The fourth-order valence-electron chi connectivity index (χ4n) is 1.14. The van der Waals surface area contributed by atoms with E-state index in [0.29, 0.717) is 6.54 Å². The summed E-state index contributed by atoms with van der Waals surface area (Å²) in [6, 6.07) is 7.61. The Bertz CT molecular complexity index is 397. The van der Waals surface area contributed by atoms with Crippen molar-refractivity contribution < 1.29 is 4.52 Å². The quantitative estimate of drug-likeness (QED) is 0.802. The minimum absolute atomic E-state index is 0.609. The average molecular weight is 189 g/mol. The molecule has 0 aliphatic carbocycles. The van der Waals surface area contributed by atoms with Gasteiger partial charge in [-0.05, 0) is 19.1 Å². The Kier molecular flexibility index (Phi) is 2.44. The largest absolute Gasteiger partial charge is 0.363 e. The molecule has 1 N–H and O–H groups in total. The molecule has 0 saturated carbocycles. The summed E-state index contributed by atoms with van der Waals surface area (Å²) in [7, 11) is 0. The molecule has 0 saturated heterocycles. The van der Waals surface area contributed by atoms with Gasteiger partial charge in [-0.3, -0.25) is 0 Å². The van der Waals surface area contributed by atoms with Crippen LogP contribution < -0.4 is 5.32 Å². The number of anilines is 1. The molecule has 0 aromatic carbocycles. The smallest absolute Gasteiger partial charge is 0.156 e. The predicted molar refractivity (Wildman–Crippen MR) is 52.8 cm³/mol. The lowest BCUT2D eigenvalue weighted by molar-refractivity contribution is 0.384. The summed E-state index contributed by atoms with van der Waals surface area (Å²) in [5.74, 6) is 1.65. The molecule has 0 unspecified atom stereocenters. The third kappa shape index (κ3) is 2.10. The lowest BCUT2D eigenvalue weighted by atomic mass is 10.4. The van der Waals surface area contributed by atoms with Crippen molar-refractivity contribution in [1.82, 2.24) is 10.1 Å². The molecule has 14 heavy (non-hydrogen) atoms. The molecule has 72 valence electrons. The van der Waals surface area contributed by atoms with Gasteiger partial charge in [0.05, 0.1) is 12.2 Å². The van der Waals surface area contributed by atoms with E-state index >= 15 is 0 Å². The summed E-state index contributed by atoms with van der Waals surface area (Å²) >= 11 is 0. The number of aromatic nitrogens is 2. The van der Waals surface area contributed by atoms with Crippen LogP contribution in [0.5, 0.6) is 0 Å². The van der Waals surface area contributed by atoms with Gasteiger partial charge in [-0.15, -0.1) is 0 Å². The van der Waals surface area contributed by atoms with Gasteiger partial charge in [-0.1, -0.05) is 11.2 Å². The topological polar surface area (TPSA) is 51.0 Å². The Balaban J connectivity index is 1.95. The zero-order valence-electron chi connectivity index (χ0n) is 7.90. The highest BCUT2D eigenvalue weighted by Gasteiger charge is 1.99. The van der Waals surface area contributed by atoms with Crippen LogP contribution in [0.1, 0.15) is 11.5 Å². The molecule has 0 atom stereocenters. The van der Waals surface area contributed by atoms with E-state index in [-0.39, 0.29) is 0 Å². The Morgan fingerprint density at radius 2 is 2.36 bits per heavy atom. The number of hydrogen-bond acceptors (Lipinski definition) is 4. The van der Waals surface area contributed by atoms with Gasteiger partial charge in [0, 0.05) is 12.3 Å². The second kappa shape index (κ2) is 3.91. The van der Waals surface area contributed by atoms with Gasteiger partial charge in [-0.25, -0.2) is 4.98 Å². The maximum atomic E-state index is 5.05. The number of nitrogens with one attached hydrogen (secondary N) is 1. The normalized spacial score (nSPS) is 10.1. The Morgan fingerprint density at radius 1 is 1.43 bits per heavy atom. The van der Waals surface area contributed by atoms with Gasteiger partial charge < -0.3 is 9.84 Å². The number of aryl methyl sites for hydroxylation is 1. The van der Waals surface area contributed by atoms with Crippen LogP contribution >= 0.6 is 0 Å². The van der Waals surface area contributed by atoms with E-state index in [1.165, 1.54) is 0 Å². The molecule has 0 bridgehead atoms. The summed E-state index contributed by atoms with van der Waals surface area (Å²) in [5, 5.41) is 6.92. The summed E-state index contributed by atoms with van der Waals surface area (Å²) < 4.78 is 5.05. The number of rotatable bonds is 3. The first kappa shape index (κ1) is 8.74. The molecule has 0 amide bonds. The number of pyridine rings is 1. The minimum atomic E-state index is 0.609. The van der Waals surface area contributed by atoms with Crippen molar-refractivity contribution in [1.29, 1.82) is 0 Å². The van der Waals surface area contributed by atoms with E-state index in [4.69, 9.17) is 4.52 Å². The van der Waals surface area contributed by atoms with E-state index in [0.717, 1.165) is 17.3 Å². The molecule has 0 spiro atoms. The fraction of sp³-hybridized carbons (Fsp3) is 0.200. The molecule has 4 heteroatoms. The number of nitrogens with zero attached hydrogens (tertiary/aromatic N) is 2. The molecular weight excluding hydrogens is 178 g/mol. The number of hydrogen-bond donors (Lipinski definition) is 1. The molecule has 0 fully saturated rings. The molecule has 2 heterocycles. The molecule has 2 rings (SSSR count). The highest BCUT2D eigenvalue weighted by Crippen LogP contribution is 2.06. The maximum absolute atomic E-state index is 5.05. The van der Waals surface area contributed by atoms with Crippen LogP contribution in [0.3, 0.4) is 0 Å². The lowest BCUT2D eigenvalue weighted by Gasteiger charge is -2.00. The van der Waals surface area contributed by atoms with E-state index in [1.807, 2.05) is 31.2 Å².